The van der Waals surface area contributed by atoms with E-state index in [2.05, 4.69) is 9.72 Å². The monoisotopic (exact) mass is 196 g/mol. The molecule has 0 aliphatic heterocycles. The van der Waals surface area contributed by atoms with Crippen LogP contribution < -0.4 is 5.73 Å². The Morgan fingerprint density at radius 3 is 2.29 bits per heavy atom. The van der Waals surface area contributed by atoms with E-state index >= 15 is 0 Å². The standard InChI is InChI=1S/C9H12N2O3/c1-4-6(9(13)14-3)5(2)11-7(4)8(10)12/h11H,1-3H3,(H2,10,12). The van der Waals surface area contributed by atoms with Crippen LogP contribution in [0.25, 0.3) is 0 Å². The number of hydrogen-bond donors (Lipinski definition) is 2. The highest BCUT2D eigenvalue weighted by Crippen LogP contribution is 2.18. The quantitative estimate of drug-likeness (QED) is 0.676. The van der Waals surface area contributed by atoms with Crippen LogP contribution >= 0.6 is 0 Å². The van der Waals surface area contributed by atoms with Crippen LogP contribution in [0.5, 0.6) is 0 Å². The third-order valence-corrected chi connectivity index (χ3v) is 2.07. The molecule has 0 aliphatic carbocycles. The molecule has 1 rings (SSSR count). The van der Waals surface area contributed by atoms with Crippen LogP contribution in [0.1, 0.15) is 32.1 Å². The summed E-state index contributed by atoms with van der Waals surface area (Å²) in [5.74, 6) is -1.05. The van der Waals surface area contributed by atoms with Crippen LogP contribution in [0.2, 0.25) is 0 Å². The SMILES string of the molecule is COC(=O)c1c(C)[nH]c(C(N)=O)c1C. The zero-order valence-electron chi connectivity index (χ0n) is 8.30. The molecule has 0 saturated carbocycles. The number of rotatable bonds is 2. The van der Waals surface area contributed by atoms with E-state index in [4.69, 9.17) is 5.73 Å². The third-order valence-electron chi connectivity index (χ3n) is 2.07. The molecule has 76 valence electrons. The van der Waals surface area contributed by atoms with Crippen LogP contribution in [-0.4, -0.2) is 24.0 Å². The Hall–Kier alpha value is -1.78. The highest BCUT2D eigenvalue weighted by atomic mass is 16.5. The number of aromatic nitrogens is 1. The fourth-order valence-electron chi connectivity index (χ4n) is 1.40. The van der Waals surface area contributed by atoms with E-state index in [1.807, 2.05) is 0 Å². The average molecular weight is 196 g/mol. The molecule has 0 fully saturated rings. The number of hydrogen-bond acceptors (Lipinski definition) is 3. The minimum atomic E-state index is -0.583. The fraction of sp³-hybridized carbons (Fsp3) is 0.333. The van der Waals surface area contributed by atoms with Gasteiger partial charge in [0.15, 0.2) is 0 Å². The molecule has 0 unspecified atom stereocenters. The Kier molecular flexibility index (Phi) is 2.60. The molecular weight excluding hydrogens is 184 g/mol. The van der Waals surface area contributed by atoms with Gasteiger partial charge in [-0.15, -0.1) is 0 Å². The molecule has 14 heavy (non-hydrogen) atoms. The molecule has 0 aliphatic rings. The zero-order valence-corrected chi connectivity index (χ0v) is 8.30. The largest absolute Gasteiger partial charge is 0.465 e. The van der Waals surface area contributed by atoms with Crippen LogP contribution in [0.3, 0.4) is 0 Å². The third kappa shape index (κ3) is 1.48. The number of methoxy groups -OCH3 is 1. The first-order chi connectivity index (χ1) is 6.49. The number of H-pyrrole nitrogens is 1. The second-order valence-electron chi connectivity index (χ2n) is 2.98. The van der Waals surface area contributed by atoms with Crippen molar-refractivity contribution >= 4 is 11.9 Å². The van der Waals surface area contributed by atoms with E-state index in [1.54, 1.807) is 13.8 Å². The van der Waals surface area contributed by atoms with E-state index in [9.17, 15) is 9.59 Å². The minimum Gasteiger partial charge on any atom is -0.465 e. The summed E-state index contributed by atoms with van der Waals surface area (Å²) < 4.78 is 4.58. The molecule has 0 atom stereocenters. The Labute approximate surface area is 81.2 Å². The lowest BCUT2D eigenvalue weighted by atomic mass is 10.1. The van der Waals surface area contributed by atoms with Crippen LogP contribution in [-0.2, 0) is 4.74 Å². The van der Waals surface area contributed by atoms with Gasteiger partial charge in [0.1, 0.15) is 5.69 Å². The maximum atomic E-state index is 11.3. The molecule has 0 spiro atoms. The van der Waals surface area contributed by atoms with E-state index < -0.39 is 11.9 Å². The summed E-state index contributed by atoms with van der Waals surface area (Å²) in [6.45, 7) is 3.33. The van der Waals surface area contributed by atoms with Gasteiger partial charge in [-0.1, -0.05) is 0 Å². The van der Waals surface area contributed by atoms with Gasteiger partial charge in [-0.25, -0.2) is 4.79 Å². The van der Waals surface area contributed by atoms with E-state index in [-0.39, 0.29) is 5.69 Å². The highest BCUT2D eigenvalue weighted by Gasteiger charge is 2.20. The van der Waals surface area contributed by atoms with Gasteiger partial charge in [-0.2, -0.15) is 0 Å². The second-order valence-corrected chi connectivity index (χ2v) is 2.98. The summed E-state index contributed by atoms with van der Waals surface area (Å²) >= 11 is 0. The molecule has 1 amide bonds. The number of aromatic amines is 1. The molecule has 1 aromatic heterocycles. The number of ether oxygens (including phenoxy) is 1. The Bertz CT molecular complexity index is 393. The van der Waals surface area contributed by atoms with Crippen molar-refractivity contribution in [1.82, 2.24) is 4.98 Å². The maximum Gasteiger partial charge on any atom is 0.339 e. The van der Waals surface area contributed by atoms with Gasteiger partial charge < -0.3 is 15.5 Å². The van der Waals surface area contributed by atoms with Crippen molar-refractivity contribution < 1.29 is 14.3 Å². The normalized spacial score (nSPS) is 9.93. The summed E-state index contributed by atoms with van der Waals surface area (Å²) in [4.78, 5) is 25.0. The topological polar surface area (TPSA) is 85.2 Å². The molecule has 3 N–H and O–H groups in total. The van der Waals surface area contributed by atoms with Gasteiger partial charge >= 0.3 is 5.97 Å². The number of carbonyl (C=O) groups excluding carboxylic acids is 2. The summed E-state index contributed by atoms with van der Waals surface area (Å²) in [6, 6.07) is 0. The van der Waals surface area contributed by atoms with Crippen LogP contribution in [0, 0.1) is 13.8 Å². The predicted molar refractivity (Wildman–Crippen MR) is 50.1 cm³/mol. The molecule has 1 heterocycles. The van der Waals surface area contributed by atoms with Gasteiger partial charge in [-0.05, 0) is 19.4 Å². The molecule has 0 saturated heterocycles. The highest BCUT2D eigenvalue weighted by molar-refractivity contribution is 5.99. The number of primary amides is 1. The molecule has 0 aromatic carbocycles. The fourth-order valence-corrected chi connectivity index (χ4v) is 1.40. The number of carbonyl (C=O) groups is 2. The summed E-state index contributed by atoms with van der Waals surface area (Å²) in [6.07, 6.45) is 0. The predicted octanol–water partition coefficient (Wildman–Crippen LogP) is 0.517. The molecule has 0 radical (unpaired) electrons. The van der Waals surface area contributed by atoms with E-state index in [1.165, 1.54) is 7.11 Å². The van der Waals surface area contributed by atoms with Gasteiger partial charge in [0.05, 0.1) is 12.7 Å². The first-order valence-corrected chi connectivity index (χ1v) is 4.06. The Balaban J connectivity index is 3.31. The Morgan fingerprint density at radius 2 is 1.93 bits per heavy atom. The smallest absolute Gasteiger partial charge is 0.339 e. The molecule has 5 heteroatoms. The molecule has 5 nitrogen and oxygen atoms in total. The van der Waals surface area contributed by atoms with Crippen molar-refractivity contribution in [3.63, 3.8) is 0 Å². The Morgan fingerprint density at radius 1 is 1.36 bits per heavy atom. The number of esters is 1. The van der Waals surface area contributed by atoms with Crippen molar-refractivity contribution in [2.75, 3.05) is 7.11 Å². The summed E-state index contributed by atoms with van der Waals surface area (Å²) in [5, 5.41) is 0. The second kappa shape index (κ2) is 3.53. The van der Waals surface area contributed by atoms with Crippen LogP contribution in [0.15, 0.2) is 0 Å². The molecule has 1 aromatic rings. The minimum absolute atomic E-state index is 0.253. The van der Waals surface area contributed by atoms with E-state index in [0.717, 1.165) is 0 Å². The number of aryl methyl sites for hydroxylation is 1. The van der Waals surface area contributed by atoms with Gasteiger partial charge in [0.2, 0.25) is 0 Å². The molecular formula is C9H12N2O3. The van der Waals surface area contributed by atoms with Crippen molar-refractivity contribution in [2.24, 2.45) is 5.73 Å². The zero-order chi connectivity index (χ0) is 10.9. The van der Waals surface area contributed by atoms with Crippen LogP contribution in [0.4, 0.5) is 0 Å². The number of amides is 1. The van der Waals surface area contributed by atoms with Gasteiger partial charge in [-0.3, -0.25) is 4.79 Å². The van der Waals surface area contributed by atoms with Crippen molar-refractivity contribution in [1.29, 1.82) is 0 Å². The maximum absolute atomic E-state index is 11.3. The molecule has 0 bridgehead atoms. The summed E-state index contributed by atoms with van der Waals surface area (Å²) in [5.41, 5.74) is 6.86. The lowest BCUT2D eigenvalue weighted by molar-refractivity contribution is 0.0599. The lowest BCUT2D eigenvalue weighted by Gasteiger charge is -1.98. The van der Waals surface area contributed by atoms with Crippen molar-refractivity contribution in [2.45, 2.75) is 13.8 Å². The lowest BCUT2D eigenvalue weighted by Crippen LogP contribution is -2.13. The first-order valence-electron chi connectivity index (χ1n) is 4.06. The average Bonchev–Trinajstić information content (AvgIpc) is 2.41. The first kappa shape index (κ1) is 10.3. The van der Waals surface area contributed by atoms with Crippen molar-refractivity contribution in [3.8, 4) is 0 Å². The summed E-state index contributed by atoms with van der Waals surface area (Å²) in [7, 11) is 1.29. The van der Waals surface area contributed by atoms with E-state index in [0.29, 0.717) is 16.8 Å². The number of nitrogens with two attached hydrogens (primary N) is 1. The van der Waals surface area contributed by atoms with Gasteiger partial charge in [0.25, 0.3) is 5.91 Å². The van der Waals surface area contributed by atoms with Crippen molar-refractivity contribution in [3.05, 3.63) is 22.5 Å². The number of nitrogens with one attached hydrogen (secondary N) is 1. The van der Waals surface area contributed by atoms with Gasteiger partial charge in [0, 0.05) is 5.69 Å².